The van der Waals surface area contributed by atoms with Crippen molar-refractivity contribution in [3.8, 4) is 0 Å². The van der Waals surface area contributed by atoms with Gasteiger partial charge in [0.2, 0.25) is 0 Å². The number of carbonyl (C=O) groups is 2. The van der Waals surface area contributed by atoms with Crippen LogP contribution in [0, 0.1) is 5.41 Å². The van der Waals surface area contributed by atoms with Crippen molar-refractivity contribution in [2.45, 2.75) is 84.8 Å². The van der Waals surface area contributed by atoms with Gasteiger partial charge in [-0.2, -0.15) is 0 Å². The molecule has 0 amide bonds. The largest absolute Gasteiger partial charge is 0.550 e. The van der Waals surface area contributed by atoms with Crippen molar-refractivity contribution in [1.82, 2.24) is 0 Å². The normalized spacial score (nSPS) is 16.3. The van der Waals surface area contributed by atoms with E-state index >= 15 is 0 Å². The van der Waals surface area contributed by atoms with Gasteiger partial charge in [-0.15, -0.1) is 0 Å². The number of rotatable bonds is 15. The molecule has 0 aliphatic heterocycles. The smallest absolute Gasteiger partial charge is 0.0680 e. The first-order valence-corrected chi connectivity index (χ1v) is 8.97. The van der Waals surface area contributed by atoms with Crippen molar-refractivity contribution < 1.29 is 29.3 Å². The van der Waals surface area contributed by atoms with Gasteiger partial charge in [-0.05, 0) is 46.0 Å². The molecule has 0 spiro atoms. The number of carbonyl (C=O) groups excluding carboxylic acids is 2. The molecule has 24 heavy (non-hydrogen) atoms. The van der Waals surface area contributed by atoms with Gasteiger partial charge in [0.15, 0.2) is 0 Å². The van der Waals surface area contributed by atoms with Gasteiger partial charge in [0.1, 0.15) is 0 Å². The topological polar surface area (TPSA) is 98.7 Å². The molecule has 0 saturated carbocycles. The van der Waals surface area contributed by atoms with Crippen LogP contribution in [-0.2, 0) is 19.1 Å². The molecule has 2 unspecified atom stereocenters. The lowest BCUT2D eigenvalue weighted by Crippen LogP contribution is -2.57. The van der Waals surface area contributed by atoms with Crippen LogP contribution < -0.4 is 10.2 Å². The third-order valence-corrected chi connectivity index (χ3v) is 4.53. The van der Waals surface area contributed by atoms with Crippen molar-refractivity contribution in [3.05, 3.63) is 0 Å². The number of hydrogen-bond acceptors (Lipinski definition) is 6. The van der Waals surface area contributed by atoms with Crippen LogP contribution in [0.1, 0.15) is 72.6 Å². The highest BCUT2D eigenvalue weighted by Gasteiger charge is 2.44. The van der Waals surface area contributed by atoms with Crippen LogP contribution >= 0.6 is 0 Å². The zero-order chi connectivity index (χ0) is 18.6. The van der Waals surface area contributed by atoms with E-state index < -0.39 is 29.6 Å². The lowest BCUT2D eigenvalue weighted by atomic mass is 9.73. The van der Waals surface area contributed by atoms with E-state index in [0.717, 1.165) is 25.7 Å². The number of hydrogen-bond donors (Lipinski definition) is 0. The van der Waals surface area contributed by atoms with Gasteiger partial charge >= 0.3 is 0 Å². The van der Waals surface area contributed by atoms with E-state index in [1.807, 2.05) is 13.8 Å². The number of aliphatic carboxylic acids is 2. The summed E-state index contributed by atoms with van der Waals surface area (Å²) in [5.74, 6) is -2.45. The molecule has 0 aliphatic rings. The van der Waals surface area contributed by atoms with Crippen LogP contribution in [0.3, 0.4) is 0 Å². The number of carboxylic acids is 2. The highest BCUT2D eigenvalue weighted by Crippen LogP contribution is 2.36. The molecule has 0 rings (SSSR count). The Kier molecular flexibility index (Phi) is 11.7. The summed E-state index contributed by atoms with van der Waals surface area (Å²) in [6.45, 7) is 8.35. The van der Waals surface area contributed by atoms with Crippen molar-refractivity contribution >= 4 is 11.9 Å². The molecule has 0 aliphatic carbocycles. The first kappa shape index (κ1) is 22.9. The molecule has 6 nitrogen and oxygen atoms in total. The maximum Gasteiger partial charge on any atom is 0.0680 e. The Morgan fingerprint density at radius 1 is 0.917 bits per heavy atom. The van der Waals surface area contributed by atoms with E-state index in [1.165, 1.54) is 0 Å². The molecule has 0 aromatic heterocycles. The van der Waals surface area contributed by atoms with Crippen molar-refractivity contribution in [3.63, 3.8) is 0 Å². The minimum Gasteiger partial charge on any atom is -0.550 e. The zero-order valence-electron chi connectivity index (χ0n) is 15.5. The summed E-state index contributed by atoms with van der Waals surface area (Å²) in [7, 11) is 0. The van der Waals surface area contributed by atoms with Crippen LogP contribution in [0.4, 0.5) is 0 Å². The summed E-state index contributed by atoms with van der Waals surface area (Å²) in [6, 6.07) is 0. The Bertz CT molecular complexity index is 353. The summed E-state index contributed by atoms with van der Waals surface area (Å²) in [4.78, 5) is 22.7. The average molecular weight is 344 g/mol. The molecule has 0 saturated heterocycles. The van der Waals surface area contributed by atoms with Gasteiger partial charge < -0.3 is 29.3 Å². The van der Waals surface area contributed by atoms with Gasteiger partial charge in [0.25, 0.3) is 0 Å². The van der Waals surface area contributed by atoms with Gasteiger partial charge in [-0.3, -0.25) is 0 Å². The fourth-order valence-electron chi connectivity index (χ4n) is 2.80. The highest BCUT2D eigenvalue weighted by atomic mass is 16.5. The fourth-order valence-corrected chi connectivity index (χ4v) is 2.80. The second kappa shape index (κ2) is 12.3. The van der Waals surface area contributed by atoms with E-state index in [-0.39, 0.29) is 19.3 Å². The van der Waals surface area contributed by atoms with Crippen molar-refractivity contribution in [2.24, 2.45) is 5.41 Å². The second-order valence-corrected chi connectivity index (χ2v) is 6.29. The molecule has 2 atom stereocenters. The van der Waals surface area contributed by atoms with Crippen LogP contribution in [-0.4, -0.2) is 37.4 Å². The Morgan fingerprint density at radius 2 is 1.38 bits per heavy atom. The molecule has 0 aromatic carbocycles. The van der Waals surface area contributed by atoms with Crippen molar-refractivity contribution in [1.29, 1.82) is 0 Å². The highest BCUT2D eigenvalue weighted by molar-refractivity contribution is 5.74. The first-order chi connectivity index (χ1) is 11.3. The maximum absolute atomic E-state index is 12.0. The Hall–Kier alpha value is -1.14. The molecule has 142 valence electrons. The summed E-state index contributed by atoms with van der Waals surface area (Å²) in [5.41, 5.74) is -1.38. The lowest BCUT2D eigenvalue weighted by Gasteiger charge is -2.44. The molecule has 0 bridgehead atoms. The Balaban J connectivity index is 5.20. The van der Waals surface area contributed by atoms with Crippen LogP contribution in [0.15, 0.2) is 0 Å². The number of carboxylic acid groups (broad SMARTS) is 2. The Labute approximate surface area is 145 Å². The summed E-state index contributed by atoms with van der Waals surface area (Å²) >= 11 is 0. The molecule has 0 heterocycles. The summed E-state index contributed by atoms with van der Waals surface area (Å²) in [6.07, 6.45) is 2.38. The van der Waals surface area contributed by atoms with Crippen LogP contribution in [0.2, 0.25) is 0 Å². The van der Waals surface area contributed by atoms with Gasteiger partial charge in [-0.25, -0.2) is 0 Å². The average Bonchev–Trinajstić information content (AvgIpc) is 2.51. The number of ether oxygens (including phenoxy) is 2. The molecule has 0 fully saturated rings. The summed E-state index contributed by atoms with van der Waals surface area (Å²) < 4.78 is 11.5. The van der Waals surface area contributed by atoms with Crippen LogP contribution in [0.25, 0.3) is 0 Å². The zero-order valence-corrected chi connectivity index (χ0v) is 15.5. The van der Waals surface area contributed by atoms with Gasteiger partial charge in [-0.1, -0.05) is 26.7 Å². The predicted molar refractivity (Wildman–Crippen MR) is 86.9 cm³/mol. The lowest BCUT2D eigenvalue weighted by molar-refractivity contribution is -0.332. The summed E-state index contributed by atoms with van der Waals surface area (Å²) in [5, 5.41) is 22.7. The minimum atomic E-state index is -1.38. The van der Waals surface area contributed by atoms with Crippen molar-refractivity contribution in [2.75, 3.05) is 13.2 Å². The SMILES string of the molecule is CCCCOC(C)C(CCCC(=O)[O-])(C(=O)[O-])C(C)OCCCC. The molecular formula is C18H32O6-2. The molecule has 6 heteroatoms. The van der Waals surface area contributed by atoms with E-state index in [0.29, 0.717) is 13.2 Å². The molecule has 0 radical (unpaired) electrons. The maximum atomic E-state index is 12.0. The predicted octanol–water partition coefficient (Wildman–Crippen LogP) is 1.05. The third kappa shape index (κ3) is 7.18. The quantitative estimate of drug-likeness (QED) is 0.412. The van der Waals surface area contributed by atoms with E-state index in [2.05, 4.69) is 0 Å². The minimum absolute atomic E-state index is 0.115. The standard InChI is InChI=1S/C18H34O6/c1-5-7-12-23-14(3)18(17(21)22,11-9-10-16(19)20)15(4)24-13-8-6-2/h14-15H,5-13H2,1-4H3,(H,19,20)(H,21,22)/p-2. The fraction of sp³-hybridized carbons (Fsp3) is 0.889. The van der Waals surface area contributed by atoms with Gasteiger partial charge in [0.05, 0.1) is 23.6 Å². The van der Waals surface area contributed by atoms with Gasteiger partial charge in [0, 0.05) is 19.2 Å². The molecular weight excluding hydrogens is 312 g/mol. The van der Waals surface area contributed by atoms with E-state index in [4.69, 9.17) is 9.47 Å². The van der Waals surface area contributed by atoms with E-state index in [1.54, 1.807) is 13.8 Å². The molecule has 0 aromatic rings. The molecule has 0 N–H and O–H groups in total. The number of unbranched alkanes of at least 4 members (excludes halogenated alkanes) is 2. The third-order valence-electron chi connectivity index (χ3n) is 4.53. The second-order valence-electron chi connectivity index (χ2n) is 6.29. The first-order valence-electron chi connectivity index (χ1n) is 8.97. The Morgan fingerprint density at radius 3 is 1.71 bits per heavy atom. The monoisotopic (exact) mass is 344 g/mol. The van der Waals surface area contributed by atoms with E-state index in [9.17, 15) is 19.8 Å². The van der Waals surface area contributed by atoms with Crippen LogP contribution in [0.5, 0.6) is 0 Å².